The zero-order chi connectivity index (χ0) is 12.0. The number of hydrogen-bond acceptors (Lipinski definition) is 2. The summed E-state index contributed by atoms with van der Waals surface area (Å²) in [5.41, 5.74) is 2.07. The molecule has 1 fully saturated rings. The lowest BCUT2D eigenvalue weighted by molar-refractivity contribution is 0.0933. The van der Waals surface area contributed by atoms with Crippen molar-refractivity contribution in [2.24, 2.45) is 0 Å². The summed E-state index contributed by atoms with van der Waals surface area (Å²) in [4.78, 5) is 12.0. The Morgan fingerprint density at radius 1 is 1.47 bits per heavy atom. The van der Waals surface area contributed by atoms with Crippen LogP contribution in [-0.2, 0) is 5.41 Å². The predicted octanol–water partition coefficient (Wildman–Crippen LogP) is 2.62. The van der Waals surface area contributed by atoms with Gasteiger partial charge in [0.1, 0.15) is 5.75 Å². The highest BCUT2D eigenvalue weighted by Gasteiger charge is 2.49. The maximum atomic E-state index is 12.0. The molecule has 0 saturated heterocycles. The number of hydrogen-bond donors (Lipinski definition) is 1. The minimum atomic E-state index is -0.00604. The summed E-state index contributed by atoms with van der Waals surface area (Å²) >= 11 is 3.50. The lowest BCUT2D eigenvalue weighted by atomic mass is 9.87. The Kier molecular flexibility index (Phi) is 2.43. The fourth-order valence-electron chi connectivity index (χ4n) is 2.53. The summed E-state index contributed by atoms with van der Waals surface area (Å²) in [5, 5.41) is 2.98. The average molecular weight is 296 g/mol. The zero-order valence-electron chi connectivity index (χ0n) is 9.68. The van der Waals surface area contributed by atoms with Crippen LogP contribution in [0.25, 0.3) is 0 Å². The van der Waals surface area contributed by atoms with Gasteiger partial charge in [-0.3, -0.25) is 4.79 Å². The number of ether oxygens (including phenoxy) is 1. The maximum Gasteiger partial charge on any atom is 0.255 e. The number of rotatable bonds is 2. The van der Waals surface area contributed by atoms with Gasteiger partial charge in [-0.15, -0.1) is 0 Å². The molecule has 2 aliphatic rings. The quantitative estimate of drug-likeness (QED) is 0.911. The molecule has 17 heavy (non-hydrogen) atoms. The molecule has 1 aliphatic heterocycles. The maximum absolute atomic E-state index is 12.0. The molecule has 3 rings (SSSR count). The van der Waals surface area contributed by atoms with Gasteiger partial charge in [0.05, 0.1) is 12.2 Å². The Labute approximate surface area is 109 Å². The van der Waals surface area contributed by atoms with E-state index in [4.69, 9.17) is 4.74 Å². The summed E-state index contributed by atoms with van der Waals surface area (Å²) in [7, 11) is 0. The first-order chi connectivity index (χ1) is 8.16. The fraction of sp³-hybridized carbons (Fsp3) is 0.462. The SMILES string of the molecule is CCOc1cc(Br)cc2c1C(=O)NCC21CC1. The third kappa shape index (κ3) is 1.66. The van der Waals surface area contributed by atoms with Gasteiger partial charge < -0.3 is 10.1 Å². The van der Waals surface area contributed by atoms with Gasteiger partial charge in [-0.1, -0.05) is 15.9 Å². The van der Waals surface area contributed by atoms with Crippen molar-refractivity contribution in [1.82, 2.24) is 5.32 Å². The van der Waals surface area contributed by atoms with Crippen molar-refractivity contribution in [3.05, 3.63) is 27.7 Å². The third-order valence-electron chi connectivity index (χ3n) is 3.61. The molecule has 4 heteroatoms. The highest BCUT2D eigenvalue weighted by Crippen LogP contribution is 2.52. The molecule has 0 unspecified atom stereocenters. The van der Waals surface area contributed by atoms with Crippen LogP contribution in [0, 0.1) is 0 Å². The number of amides is 1. The van der Waals surface area contributed by atoms with E-state index in [2.05, 4.69) is 27.3 Å². The summed E-state index contributed by atoms with van der Waals surface area (Å²) < 4.78 is 6.57. The summed E-state index contributed by atoms with van der Waals surface area (Å²) in [6.45, 7) is 3.27. The van der Waals surface area contributed by atoms with E-state index < -0.39 is 0 Å². The van der Waals surface area contributed by atoms with E-state index >= 15 is 0 Å². The molecule has 0 bridgehead atoms. The molecule has 1 aliphatic carbocycles. The lowest BCUT2D eigenvalue weighted by Gasteiger charge is -2.27. The molecule has 3 nitrogen and oxygen atoms in total. The van der Waals surface area contributed by atoms with Crippen LogP contribution in [0.15, 0.2) is 16.6 Å². The normalized spacial score (nSPS) is 19.8. The molecule has 1 amide bonds. The fourth-order valence-corrected chi connectivity index (χ4v) is 2.97. The van der Waals surface area contributed by atoms with E-state index in [9.17, 15) is 4.79 Å². The van der Waals surface area contributed by atoms with Crippen LogP contribution >= 0.6 is 15.9 Å². The first kappa shape index (κ1) is 11.1. The van der Waals surface area contributed by atoms with Crippen molar-refractivity contribution in [3.8, 4) is 5.75 Å². The van der Waals surface area contributed by atoms with E-state index in [-0.39, 0.29) is 11.3 Å². The molecular weight excluding hydrogens is 282 g/mol. The Hall–Kier alpha value is -1.03. The van der Waals surface area contributed by atoms with Gasteiger partial charge in [0.15, 0.2) is 0 Å². The molecule has 1 N–H and O–H groups in total. The second-order valence-electron chi connectivity index (χ2n) is 4.72. The van der Waals surface area contributed by atoms with E-state index in [1.54, 1.807) is 0 Å². The summed E-state index contributed by atoms with van der Waals surface area (Å²) in [5.74, 6) is 0.689. The minimum absolute atomic E-state index is 0.00604. The van der Waals surface area contributed by atoms with Gasteiger partial charge in [0.2, 0.25) is 0 Å². The van der Waals surface area contributed by atoms with Crippen molar-refractivity contribution >= 4 is 21.8 Å². The van der Waals surface area contributed by atoms with Crippen LogP contribution in [-0.4, -0.2) is 19.1 Å². The number of halogens is 1. The first-order valence-electron chi connectivity index (χ1n) is 5.91. The molecule has 0 atom stereocenters. The second kappa shape index (κ2) is 3.73. The van der Waals surface area contributed by atoms with Crippen molar-refractivity contribution in [2.75, 3.05) is 13.2 Å². The molecule has 0 aromatic heterocycles. The number of fused-ring (bicyclic) bond motifs is 2. The largest absolute Gasteiger partial charge is 0.493 e. The van der Waals surface area contributed by atoms with Crippen LogP contribution in [0.3, 0.4) is 0 Å². The Morgan fingerprint density at radius 2 is 2.24 bits per heavy atom. The van der Waals surface area contributed by atoms with Crippen LogP contribution in [0.2, 0.25) is 0 Å². The van der Waals surface area contributed by atoms with Gasteiger partial charge in [-0.25, -0.2) is 0 Å². The van der Waals surface area contributed by atoms with Crippen molar-refractivity contribution < 1.29 is 9.53 Å². The van der Waals surface area contributed by atoms with E-state index in [0.717, 1.165) is 35.0 Å². The monoisotopic (exact) mass is 295 g/mol. The molecule has 1 aromatic rings. The van der Waals surface area contributed by atoms with Gasteiger partial charge >= 0.3 is 0 Å². The van der Waals surface area contributed by atoms with Gasteiger partial charge in [-0.2, -0.15) is 0 Å². The van der Waals surface area contributed by atoms with Crippen LogP contribution in [0.1, 0.15) is 35.7 Å². The van der Waals surface area contributed by atoms with Crippen molar-refractivity contribution in [3.63, 3.8) is 0 Å². The Balaban J connectivity index is 2.19. The smallest absolute Gasteiger partial charge is 0.255 e. The highest BCUT2D eigenvalue weighted by atomic mass is 79.9. The molecule has 1 aromatic carbocycles. The van der Waals surface area contributed by atoms with Crippen molar-refractivity contribution in [2.45, 2.75) is 25.2 Å². The minimum Gasteiger partial charge on any atom is -0.493 e. The molecular formula is C13H14BrNO2. The summed E-state index contributed by atoms with van der Waals surface area (Å²) in [6.07, 6.45) is 2.31. The zero-order valence-corrected chi connectivity index (χ0v) is 11.3. The molecule has 0 radical (unpaired) electrons. The second-order valence-corrected chi connectivity index (χ2v) is 5.64. The lowest BCUT2D eigenvalue weighted by Crippen LogP contribution is -2.39. The molecule has 90 valence electrons. The Morgan fingerprint density at radius 3 is 2.88 bits per heavy atom. The van der Waals surface area contributed by atoms with Gasteiger partial charge in [-0.05, 0) is 37.5 Å². The van der Waals surface area contributed by atoms with Gasteiger partial charge in [0.25, 0.3) is 5.91 Å². The number of carbonyl (C=O) groups is 1. The number of carbonyl (C=O) groups excluding carboxylic acids is 1. The highest BCUT2D eigenvalue weighted by molar-refractivity contribution is 9.10. The van der Waals surface area contributed by atoms with Crippen LogP contribution in [0.5, 0.6) is 5.75 Å². The standard InChI is InChI=1S/C13H14BrNO2/c1-2-17-10-6-8(14)5-9-11(10)12(16)15-7-13(9)3-4-13/h5-6H,2-4,7H2,1H3,(H,15,16). The predicted molar refractivity (Wildman–Crippen MR) is 68.6 cm³/mol. The van der Waals surface area contributed by atoms with E-state index in [0.29, 0.717) is 12.4 Å². The summed E-state index contributed by atoms with van der Waals surface area (Å²) in [6, 6.07) is 3.95. The van der Waals surface area contributed by atoms with E-state index in [1.807, 2.05) is 13.0 Å². The molecule has 1 heterocycles. The first-order valence-corrected chi connectivity index (χ1v) is 6.70. The van der Waals surface area contributed by atoms with Crippen molar-refractivity contribution in [1.29, 1.82) is 0 Å². The van der Waals surface area contributed by atoms with Gasteiger partial charge in [0, 0.05) is 16.4 Å². The number of nitrogens with one attached hydrogen (secondary N) is 1. The molecule has 1 saturated carbocycles. The topological polar surface area (TPSA) is 38.3 Å². The number of benzene rings is 1. The Bertz CT molecular complexity index is 494. The van der Waals surface area contributed by atoms with Crippen LogP contribution in [0.4, 0.5) is 0 Å². The average Bonchev–Trinajstić information content (AvgIpc) is 3.05. The third-order valence-corrected chi connectivity index (χ3v) is 4.06. The molecule has 1 spiro atoms. The van der Waals surface area contributed by atoms with E-state index in [1.165, 1.54) is 0 Å². The van der Waals surface area contributed by atoms with Crippen LogP contribution < -0.4 is 10.1 Å².